The van der Waals surface area contributed by atoms with Crippen LogP contribution in [0.5, 0.6) is 0 Å². The number of carbonyl (C=O) groups is 1. The molecular weight excluding hydrogens is 256 g/mol. The summed E-state index contributed by atoms with van der Waals surface area (Å²) in [5.74, 6) is -0.316. The Bertz CT molecular complexity index is 647. The lowest BCUT2D eigenvalue weighted by Crippen LogP contribution is -2.39. The van der Waals surface area contributed by atoms with Gasteiger partial charge in [0.15, 0.2) is 5.43 Å². The van der Waals surface area contributed by atoms with Gasteiger partial charge in [-0.15, -0.1) is 0 Å². The van der Waals surface area contributed by atoms with Crippen molar-refractivity contribution < 1.29 is 4.79 Å². The molecule has 1 fully saturated rings. The van der Waals surface area contributed by atoms with Gasteiger partial charge in [-0.1, -0.05) is 0 Å². The Kier molecular flexibility index (Phi) is 3.37. The van der Waals surface area contributed by atoms with E-state index in [4.69, 9.17) is 0 Å². The lowest BCUT2D eigenvalue weighted by atomic mass is 10.1. The Morgan fingerprint density at radius 2 is 2.35 bits per heavy atom. The zero-order valence-electron chi connectivity index (χ0n) is 11.0. The molecule has 3 rings (SSSR count). The van der Waals surface area contributed by atoms with Gasteiger partial charge in [-0.3, -0.25) is 9.59 Å². The van der Waals surface area contributed by atoms with E-state index in [0.717, 1.165) is 19.3 Å². The second kappa shape index (κ2) is 5.32. The summed E-state index contributed by atoms with van der Waals surface area (Å²) in [4.78, 5) is 30.6. The van der Waals surface area contributed by atoms with Crippen molar-refractivity contribution in [2.24, 2.45) is 0 Å². The van der Waals surface area contributed by atoms with Crippen molar-refractivity contribution in [3.63, 3.8) is 0 Å². The van der Waals surface area contributed by atoms with E-state index in [-0.39, 0.29) is 29.0 Å². The summed E-state index contributed by atoms with van der Waals surface area (Å²) >= 11 is 0. The third-order valence-corrected chi connectivity index (χ3v) is 3.77. The number of rotatable bonds is 3. The van der Waals surface area contributed by atoms with E-state index < -0.39 is 0 Å². The maximum absolute atomic E-state index is 12.2. The summed E-state index contributed by atoms with van der Waals surface area (Å²) in [6, 6.07) is 1.61. The second-order valence-corrected chi connectivity index (χ2v) is 5.01. The lowest BCUT2D eigenvalue weighted by Gasteiger charge is -2.22. The molecule has 0 radical (unpaired) electrons. The predicted molar refractivity (Wildman–Crippen MR) is 73.4 cm³/mol. The van der Waals surface area contributed by atoms with Crippen LogP contribution in [0.1, 0.15) is 35.7 Å². The topological polar surface area (TPSA) is 79.8 Å². The van der Waals surface area contributed by atoms with Crippen LogP contribution in [0.25, 0.3) is 0 Å². The zero-order valence-corrected chi connectivity index (χ0v) is 11.0. The number of aromatic nitrogens is 3. The first-order chi connectivity index (χ1) is 9.75. The quantitative estimate of drug-likeness (QED) is 0.878. The summed E-state index contributed by atoms with van der Waals surface area (Å²) in [6.07, 6.45) is 11.3. The minimum atomic E-state index is -0.316. The van der Waals surface area contributed by atoms with Crippen molar-refractivity contribution >= 4 is 5.91 Å². The predicted octanol–water partition coefficient (Wildman–Crippen LogP) is 1.09. The number of nitrogens with zero attached hydrogens (tertiary/aromatic N) is 2. The molecule has 1 saturated carbocycles. The van der Waals surface area contributed by atoms with Gasteiger partial charge in [-0.25, -0.2) is 4.98 Å². The number of amides is 1. The van der Waals surface area contributed by atoms with E-state index in [0.29, 0.717) is 0 Å². The van der Waals surface area contributed by atoms with Crippen molar-refractivity contribution in [3.8, 4) is 0 Å². The van der Waals surface area contributed by atoms with Crippen LogP contribution in [0.2, 0.25) is 0 Å². The van der Waals surface area contributed by atoms with Crippen molar-refractivity contribution in [1.82, 2.24) is 19.9 Å². The molecule has 20 heavy (non-hydrogen) atoms. The maximum atomic E-state index is 12.2. The van der Waals surface area contributed by atoms with Crippen LogP contribution in [-0.2, 0) is 0 Å². The molecule has 0 spiro atoms. The molecule has 1 aliphatic rings. The molecule has 6 nitrogen and oxygen atoms in total. The van der Waals surface area contributed by atoms with Crippen molar-refractivity contribution in [2.75, 3.05) is 0 Å². The molecule has 2 aromatic heterocycles. The van der Waals surface area contributed by atoms with Crippen molar-refractivity contribution in [2.45, 2.75) is 31.3 Å². The first-order valence-electron chi connectivity index (χ1n) is 6.71. The highest BCUT2D eigenvalue weighted by atomic mass is 16.2. The fourth-order valence-electron chi connectivity index (χ4n) is 2.77. The minimum Gasteiger partial charge on any atom is -0.367 e. The molecule has 1 amide bonds. The standard InChI is InChI=1S/C14H16N4O2/c19-13-4-5-15-8-10(13)14(20)17-11-2-1-3-12(11)18-7-6-16-9-18/h4-9,11-12H,1-3H2,(H,15,19)(H,17,20). The Balaban J connectivity index is 1.76. The first-order valence-corrected chi connectivity index (χ1v) is 6.71. The van der Waals surface area contributed by atoms with Crippen LogP contribution >= 0.6 is 0 Å². The third-order valence-electron chi connectivity index (χ3n) is 3.77. The van der Waals surface area contributed by atoms with Crippen LogP contribution < -0.4 is 10.7 Å². The van der Waals surface area contributed by atoms with Gasteiger partial charge in [0.1, 0.15) is 5.56 Å². The number of hydrogen-bond acceptors (Lipinski definition) is 3. The number of nitrogens with one attached hydrogen (secondary N) is 2. The number of imidazole rings is 1. The molecule has 2 unspecified atom stereocenters. The summed E-state index contributed by atoms with van der Waals surface area (Å²) in [5.41, 5.74) is -0.109. The van der Waals surface area contributed by atoms with Gasteiger partial charge < -0.3 is 14.9 Å². The molecule has 6 heteroatoms. The summed E-state index contributed by atoms with van der Waals surface area (Å²) in [7, 11) is 0. The number of pyridine rings is 1. The highest BCUT2D eigenvalue weighted by Crippen LogP contribution is 2.29. The van der Waals surface area contributed by atoms with E-state index in [9.17, 15) is 9.59 Å². The van der Waals surface area contributed by atoms with Crippen LogP contribution in [0, 0.1) is 0 Å². The Labute approximate surface area is 115 Å². The average Bonchev–Trinajstić information content (AvgIpc) is 3.09. The maximum Gasteiger partial charge on any atom is 0.257 e. The fourth-order valence-corrected chi connectivity index (χ4v) is 2.77. The van der Waals surface area contributed by atoms with Gasteiger partial charge >= 0.3 is 0 Å². The summed E-state index contributed by atoms with van der Waals surface area (Å²) in [6.45, 7) is 0. The summed E-state index contributed by atoms with van der Waals surface area (Å²) < 4.78 is 2.02. The van der Waals surface area contributed by atoms with Gasteiger partial charge in [0, 0.05) is 36.9 Å². The number of H-pyrrole nitrogens is 1. The molecule has 2 aromatic rings. The fraction of sp³-hybridized carbons (Fsp3) is 0.357. The number of hydrogen-bond donors (Lipinski definition) is 2. The number of carbonyl (C=O) groups excluding carboxylic acids is 1. The molecular formula is C14H16N4O2. The molecule has 0 aliphatic heterocycles. The largest absolute Gasteiger partial charge is 0.367 e. The first kappa shape index (κ1) is 12.7. The van der Waals surface area contributed by atoms with Gasteiger partial charge in [-0.05, 0) is 19.3 Å². The van der Waals surface area contributed by atoms with E-state index >= 15 is 0 Å². The van der Waals surface area contributed by atoms with Gasteiger partial charge in [-0.2, -0.15) is 0 Å². The Hall–Kier alpha value is -2.37. The van der Waals surface area contributed by atoms with E-state index in [1.165, 1.54) is 18.5 Å². The van der Waals surface area contributed by atoms with Crippen LogP contribution in [0.4, 0.5) is 0 Å². The minimum absolute atomic E-state index is 0.0382. The molecule has 0 aromatic carbocycles. The van der Waals surface area contributed by atoms with Gasteiger partial charge in [0.25, 0.3) is 5.91 Å². The molecule has 1 aliphatic carbocycles. The average molecular weight is 272 g/mol. The van der Waals surface area contributed by atoms with Crippen molar-refractivity contribution in [3.05, 3.63) is 53.0 Å². The summed E-state index contributed by atoms with van der Waals surface area (Å²) in [5, 5.41) is 2.97. The monoisotopic (exact) mass is 272 g/mol. The zero-order chi connectivity index (χ0) is 13.9. The Morgan fingerprint density at radius 1 is 1.45 bits per heavy atom. The van der Waals surface area contributed by atoms with Crippen molar-refractivity contribution in [1.29, 1.82) is 0 Å². The highest BCUT2D eigenvalue weighted by molar-refractivity contribution is 5.93. The molecule has 2 N–H and O–H groups in total. The molecule has 104 valence electrons. The van der Waals surface area contributed by atoms with E-state index in [1.54, 1.807) is 12.5 Å². The molecule has 2 atom stereocenters. The third kappa shape index (κ3) is 2.36. The molecule has 0 bridgehead atoms. The normalized spacial score (nSPS) is 21.8. The van der Waals surface area contributed by atoms with E-state index in [1.807, 2.05) is 10.8 Å². The van der Waals surface area contributed by atoms with Crippen LogP contribution in [0.15, 0.2) is 42.0 Å². The number of aromatic amines is 1. The highest BCUT2D eigenvalue weighted by Gasteiger charge is 2.30. The SMILES string of the molecule is O=C(NC1CCCC1n1ccnc1)c1c[nH]ccc1=O. The van der Waals surface area contributed by atoms with Crippen LogP contribution in [-0.4, -0.2) is 26.5 Å². The second-order valence-electron chi connectivity index (χ2n) is 5.01. The smallest absolute Gasteiger partial charge is 0.257 e. The van der Waals surface area contributed by atoms with E-state index in [2.05, 4.69) is 15.3 Å². The lowest BCUT2D eigenvalue weighted by molar-refractivity contribution is 0.0927. The Morgan fingerprint density at radius 3 is 3.10 bits per heavy atom. The van der Waals surface area contributed by atoms with Gasteiger partial charge in [0.2, 0.25) is 0 Å². The molecule has 2 heterocycles. The molecule has 0 saturated heterocycles. The van der Waals surface area contributed by atoms with Crippen LogP contribution in [0.3, 0.4) is 0 Å². The van der Waals surface area contributed by atoms with Gasteiger partial charge in [0.05, 0.1) is 12.4 Å².